The molecular formula is C18H18N2O. The van der Waals surface area contributed by atoms with Crippen molar-refractivity contribution in [3.8, 4) is 0 Å². The number of benzene rings is 1. The molecule has 3 nitrogen and oxygen atoms in total. The molecule has 1 N–H and O–H groups in total. The monoisotopic (exact) mass is 278 g/mol. The topological polar surface area (TPSA) is 46.0 Å². The number of aryl methyl sites for hydroxylation is 2. The molecule has 106 valence electrons. The summed E-state index contributed by atoms with van der Waals surface area (Å²) in [6.45, 7) is 4.00. The lowest BCUT2D eigenvalue weighted by atomic mass is 9.99. The number of fused-ring (bicyclic) bond motifs is 1. The van der Waals surface area contributed by atoms with Gasteiger partial charge in [-0.2, -0.15) is 0 Å². The molecule has 0 saturated carbocycles. The quantitative estimate of drug-likeness (QED) is 0.797. The molecule has 1 atom stereocenters. The SMILES string of the molecule is Cc1cnc(C(O)Cc2ccnc3ccccc23)c(C)c1. The molecule has 2 heterocycles. The molecule has 3 rings (SSSR count). The summed E-state index contributed by atoms with van der Waals surface area (Å²) in [6.07, 6.45) is 3.53. The van der Waals surface area contributed by atoms with Crippen molar-refractivity contribution >= 4 is 10.9 Å². The first-order valence-electron chi connectivity index (χ1n) is 7.09. The molecule has 2 aromatic heterocycles. The van der Waals surface area contributed by atoms with Gasteiger partial charge in [-0.1, -0.05) is 24.3 Å². The van der Waals surface area contributed by atoms with E-state index in [1.807, 2.05) is 44.2 Å². The molecule has 0 bridgehead atoms. The largest absolute Gasteiger partial charge is 0.386 e. The first-order chi connectivity index (χ1) is 10.1. The van der Waals surface area contributed by atoms with E-state index in [1.54, 1.807) is 12.4 Å². The molecule has 1 aromatic carbocycles. The van der Waals surface area contributed by atoms with E-state index >= 15 is 0 Å². The number of rotatable bonds is 3. The summed E-state index contributed by atoms with van der Waals surface area (Å²) in [5, 5.41) is 11.6. The van der Waals surface area contributed by atoms with Crippen LogP contribution in [-0.2, 0) is 6.42 Å². The third-order valence-corrected chi connectivity index (χ3v) is 3.72. The van der Waals surface area contributed by atoms with Crippen LogP contribution in [0.4, 0.5) is 0 Å². The van der Waals surface area contributed by atoms with Crippen LogP contribution in [0, 0.1) is 13.8 Å². The van der Waals surface area contributed by atoms with Crippen LogP contribution in [0.15, 0.2) is 48.8 Å². The van der Waals surface area contributed by atoms with Gasteiger partial charge in [0.2, 0.25) is 0 Å². The Bertz CT molecular complexity index is 778. The number of hydrogen-bond acceptors (Lipinski definition) is 3. The molecule has 21 heavy (non-hydrogen) atoms. The van der Waals surface area contributed by atoms with Crippen molar-refractivity contribution in [2.75, 3.05) is 0 Å². The van der Waals surface area contributed by atoms with E-state index in [0.717, 1.165) is 33.3 Å². The van der Waals surface area contributed by atoms with Gasteiger partial charge in [-0.15, -0.1) is 0 Å². The Morgan fingerprint density at radius 1 is 1.10 bits per heavy atom. The van der Waals surface area contributed by atoms with Gasteiger partial charge in [-0.25, -0.2) is 0 Å². The normalized spacial score (nSPS) is 12.5. The van der Waals surface area contributed by atoms with Gasteiger partial charge in [-0.05, 0) is 42.7 Å². The van der Waals surface area contributed by atoms with Gasteiger partial charge in [0.1, 0.15) is 6.10 Å². The second-order valence-electron chi connectivity index (χ2n) is 5.42. The summed E-state index contributed by atoms with van der Waals surface area (Å²) in [4.78, 5) is 8.74. The summed E-state index contributed by atoms with van der Waals surface area (Å²) in [5.74, 6) is 0. The highest BCUT2D eigenvalue weighted by Crippen LogP contribution is 2.24. The Morgan fingerprint density at radius 3 is 2.71 bits per heavy atom. The Hall–Kier alpha value is -2.26. The van der Waals surface area contributed by atoms with E-state index < -0.39 is 6.10 Å². The fraction of sp³-hybridized carbons (Fsp3) is 0.222. The van der Waals surface area contributed by atoms with Crippen molar-refractivity contribution in [3.63, 3.8) is 0 Å². The Balaban J connectivity index is 1.94. The highest BCUT2D eigenvalue weighted by Gasteiger charge is 2.14. The van der Waals surface area contributed by atoms with E-state index in [0.29, 0.717) is 6.42 Å². The number of aliphatic hydroxyl groups is 1. The van der Waals surface area contributed by atoms with E-state index in [4.69, 9.17) is 0 Å². The van der Waals surface area contributed by atoms with Crippen molar-refractivity contribution < 1.29 is 5.11 Å². The number of aromatic nitrogens is 2. The maximum Gasteiger partial charge on any atom is 0.100 e. The Kier molecular flexibility index (Phi) is 3.67. The molecule has 0 aliphatic rings. The molecule has 1 unspecified atom stereocenters. The fourth-order valence-electron chi connectivity index (χ4n) is 2.71. The van der Waals surface area contributed by atoms with Crippen molar-refractivity contribution in [1.29, 1.82) is 0 Å². The molecule has 0 aliphatic carbocycles. The van der Waals surface area contributed by atoms with E-state index in [2.05, 4.69) is 16.0 Å². The molecule has 0 saturated heterocycles. The maximum atomic E-state index is 10.5. The smallest absolute Gasteiger partial charge is 0.100 e. The van der Waals surface area contributed by atoms with E-state index in [-0.39, 0.29) is 0 Å². The zero-order valence-electron chi connectivity index (χ0n) is 12.2. The van der Waals surface area contributed by atoms with Gasteiger partial charge in [0, 0.05) is 24.2 Å². The van der Waals surface area contributed by atoms with Gasteiger partial charge in [0.25, 0.3) is 0 Å². The van der Waals surface area contributed by atoms with Crippen molar-refractivity contribution in [2.45, 2.75) is 26.4 Å². The van der Waals surface area contributed by atoms with Gasteiger partial charge >= 0.3 is 0 Å². The minimum absolute atomic E-state index is 0.542. The van der Waals surface area contributed by atoms with Crippen molar-refractivity contribution in [3.05, 3.63) is 71.2 Å². The number of aliphatic hydroxyl groups excluding tert-OH is 1. The zero-order valence-corrected chi connectivity index (χ0v) is 12.2. The standard InChI is InChI=1S/C18H18N2O/c1-12-9-13(2)18(20-11-12)17(21)10-14-7-8-19-16-6-4-3-5-15(14)16/h3-9,11,17,21H,10H2,1-2H3. The lowest BCUT2D eigenvalue weighted by Gasteiger charge is -2.14. The predicted molar refractivity (Wildman–Crippen MR) is 84.1 cm³/mol. The second-order valence-corrected chi connectivity index (χ2v) is 5.42. The van der Waals surface area contributed by atoms with Crippen LogP contribution in [-0.4, -0.2) is 15.1 Å². The molecule has 0 radical (unpaired) electrons. The van der Waals surface area contributed by atoms with Crippen LogP contribution in [0.1, 0.15) is 28.5 Å². The lowest BCUT2D eigenvalue weighted by Crippen LogP contribution is -2.07. The van der Waals surface area contributed by atoms with E-state index in [1.165, 1.54) is 0 Å². The summed E-state index contributed by atoms with van der Waals surface area (Å²) in [5.41, 5.74) is 4.94. The lowest BCUT2D eigenvalue weighted by molar-refractivity contribution is 0.173. The van der Waals surface area contributed by atoms with Gasteiger partial charge in [-0.3, -0.25) is 9.97 Å². The zero-order chi connectivity index (χ0) is 14.8. The van der Waals surface area contributed by atoms with Crippen LogP contribution in [0.5, 0.6) is 0 Å². The minimum Gasteiger partial charge on any atom is -0.386 e. The molecule has 0 amide bonds. The van der Waals surface area contributed by atoms with Crippen molar-refractivity contribution in [2.24, 2.45) is 0 Å². The average Bonchev–Trinajstić information content (AvgIpc) is 2.47. The Labute approximate surface area is 124 Å². The summed E-state index contributed by atoms with van der Waals surface area (Å²) < 4.78 is 0. The van der Waals surface area contributed by atoms with Crippen LogP contribution in [0.3, 0.4) is 0 Å². The Morgan fingerprint density at radius 2 is 1.90 bits per heavy atom. The van der Waals surface area contributed by atoms with E-state index in [9.17, 15) is 5.11 Å². The second kappa shape index (κ2) is 5.62. The molecular weight excluding hydrogens is 260 g/mol. The molecule has 0 fully saturated rings. The van der Waals surface area contributed by atoms with Gasteiger partial charge < -0.3 is 5.11 Å². The minimum atomic E-state index is -0.601. The van der Waals surface area contributed by atoms with Gasteiger partial charge in [0.05, 0.1) is 11.2 Å². The molecule has 0 spiro atoms. The first-order valence-corrected chi connectivity index (χ1v) is 7.09. The average molecular weight is 278 g/mol. The molecule has 0 aliphatic heterocycles. The summed E-state index contributed by atoms with van der Waals surface area (Å²) in [6, 6.07) is 12.0. The molecule has 3 aromatic rings. The predicted octanol–water partition coefficient (Wildman–Crippen LogP) is 3.52. The van der Waals surface area contributed by atoms with Crippen LogP contribution in [0.2, 0.25) is 0 Å². The molecule has 3 heteroatoms. The number of pyridine rings is 2. The van der Waals surface area contributed by atoms with Crippen LogP contribution < -0.4 is 0 Å². The summed E-state index contributed by atoms with van der Waals surface area (Å²) >= 11 is 0. The maximum absolute atomic E-state index is 10.5. The van der Waals surface area contributed by atoms with Crippen LogP contribution in [0.25, 0.3) is 10.9 Å². The highest BCUT2D eigenvalue weighted by atomic mass is 16.3. The highest BCUT2D eigenvalue weighted by molar-refractivity contribution is 5.81. The third-order valence-electron chi connectivity index (χ3n) is 3.72. The number of nitrogens with zero attached hydrogens (tertiary/aromatic N) is 2. The number of hydrogen-bond donors (Lipinski definition) is 1. The van der Waals surface area contributed by atoms with Crippen LogP contribution >= 0.6 is 0 Å². The number of para-hydroxylation sites is 1. The first kappa shape index (κ1) is 13.7. The van der Waals surface area contributed by atoms with Gasteiger partial charge in [0.15, 0.2) is 0 Å². The fourth-order valence-corrected chi connectivity index (χ4v) is 2.71. The summed E-state index contributed by atoms with van der Waals surface area (Å²) in [7, 11) is 0. The van der Waals surface area contributed by atoms with Crippen molar-refractivity contribution in [1.82, 2.24) is 9.97 Å². The third kappa shape index (κ3) is 2.78.